The van der Waals surface area contributed by atoms with Gasteiger partial charge in [-0.2, -0.15) is 5.10 Å². The van der Waals surface area contributed by atoms with Gasteiger partial charge in [-0.25, -0.2) is 0 Å². The van der Waals surface area contributed by atoms with Crippen LogP contribution in [0.1, 0.15) is 22.5 Å². The number of hydrogen-bond acceptors (Lipinski definition) is 3. The Morgan fingerprint density at radius 1 is 1.44 bits per heavy atom. The van der Waals surface area contributed by atoms with Gasteiger partial charge in [-0.05, 0) is 24.1 Å². The van der Waals surface area contributed by atoms with Crippen LogP contribution in [0, 0.1) is 0 Å². The van der Waals surface area contributed by atoms with E-state index in [2.05, 4.69) is 10.1 Å². The maximum absolute atomic E-state index is 11.7. The molecule has 4 heteroatoms. The monoisotopic (exact) mass is 215 g/mol. The van der Waals surface area contributed by atoms with Crippen molar-refractivity contribution < 1.29 is 4.79 Å². The average molecular weight is 215 g/mol. The average Bonchev–Trinajstić information content (AvgIpc) is 2.73. The van der Waals surface area contributed by atoms with Crippen molar-refractivity contribution in [2.45, 2.75) is 12.8 Å². The molecule has 0 aliphatic rings. The standard InChI is InChI=1S/C12H13N3O/c1-15-9-10(8-14-15)5-6-12(16)11-4-2-3-7-13-11/h2-4,7-9H,5-6H2,1H3. The second-order valence-corrected chi connectivity index (χ2v) is 3.66. The second kappa shape index (κ2) is 4.70. The molecule has 0 amide bonds. The van der Waals surface area contributed by atoms with Gasteiger partial charge in [-0.1, -0.05) is 6.07 Å². The van der Waals surface area contributed by atoms with E-state index in [1.807, 2.05) is 19.3 Å². The minimum absolute atomic E-state index is 0.0736. The molecule has 82 valence electrons. The zero-order valence-electron chi connectivity index (χ0n) is 9.13. The third kappa shape index (κ3) is 2.53. The van der Waals surface area contributed by atoms with Crippen LogP contribution in [0.2, 0.25) is 0 Å². The fourth-order valence-corrected chi connectivity index (χ4v) is 1.51. The number of carbonyl (C=O) groups excluding carboxylic acids is 1. The number of carbonyl (C=O) groups is 1. The fraction of sp³-hybridized carbons (Fsp3) is 0.250. The Hall–Kier alpha value is -1.97. The van der Waals surface area contributed by atoms with E-state index in [1.165, 1.54) is 0 Å². The Labute approximate surface area is 93.9 Å². The van der Waals surface area contributed by atoms with Crippen LogP contribution in [0.4, 0.5) is 0 Å². The van der Waals surface area contributed by atoms with Crippen molar-refractivity contribution in [1.82, 2.24) is 14.8 Å². The molecule has 0 fully saturated rings. The summed E-state index contributed by atoms with van der Waals surface area (Å²) in [6, 6.07) is 5.37. The highest BCUT2D eigenvalue weighted by atomic mass is 16.1. The summed E-state index contributed by atoms with van der Waals surface area (Å²) in [6.07, 6.45) is 6.53. The summed E-state index contributed by atoms with van der Waals surface area (Å²) in [6.45, 7) is 0. The van der Waals surface area contributed by atoms with Gasteiger partial charge in [0.2, 0.25) is 0 Å². The van der Waals surface area contributed by atoms with Crippen molar-refractivity contribution in [3.63, 3.8) is 0 Å². The van der Waals surface area contributed by atoms with E-state index in [9.17, 15) is 4.79 Å². The summed E-state index contributed by atoms with van der Waals surface area (Å²) in [5.74, 6) is 0.0736. The first kappa shape index (κ1) is 10.5. The Bertz CT molecular complexity index is 476. The number of hydrogen-bond donors (Lipinski definition) is 0. The molecule has 2 heterocycles. The van der Waals surface area contributed by atoms with Gasteiger partial charge in [0.25, 0.3) is 0 Å². The number of aromatic nitrogens is 3. The smallest absolute Gasteiger partial charge is 0.181 e. The summed E-state index contributed by atoms with van der Waals surface area (Å²) >= 11 is 0. The van der Waals surface area contributed by atoms with E-state index in [0.29, 0.717) is 18.5 Å². The molecule has 2 aromatic heterocycles. The van der Waals surface area contributed by atoms with Crippen LogP contribution < -0.4 is 0 Å². The van der Waals surface area contributed by atoms with Crippen molar-refractivity contribution in [1.29, 1.82) is 0 Å². The predicted octanol–water partition coefficient (Wildman–Crippen LogP) is 1.63. The summed E-state index contributed by atoms with van der Waals surface area (Å²) < 4.78 is 1.74. The molecule has 0 aliphatic carbocycles. The van der Waals surface area contributed by atoms with Crippen molar-refractivity contribution in [2.24, 2.45) is 7.05 Å². The molecule has 0 bridgehead atoms. The maximum atomic E-state index is 11.7. The van der Waals surface area contributed by atoms with Gasteiger partial charge in [0.1, 0.15) is 5.69 Å². The van der Waals surface area contributed by atoms with E-state index in [-0.39, 0.29) is 5.78 Å². The Morgan fingerprint density at radius 3 is 2.94 bits per heavy atom. The van der Waals surface area contributed by atoms with Gasteiger partial charge < -0.3 is 0 Å². The van der Waals surface area contributed by atoms with Crippen LogP contribution in [0.15, 0.2) is 36.8 Å². The molecule has 0 radical (unpaired) electrons. The number of pyridine rings is 1. The Balaban J connectivity index is 1.94. The van der Waals surface area contributed by atoms with Crippen LogP contribution in [-0.4, -0.2) is 20.5 Å². The minimum atomic E-state index is 0.0736. The van der Waals surface area contributed by atoms with Crippen molar-refractivity contribution in [2.75, 3.05) is 0 Å². The predicted molar refractivity (Wildman–Crippen MR) is 60.1 cm³/mol. The SMILES string of the molecule is Cn1cc(CCC(=O)c2ccccn2)cn1. The first-order chi connectivity index (χ1) is 7.75. The van der Waals surface area contributed by atoms with Gasteiger partial charge in [0.15, 0.2) is 5.78 Å². The lowest BCUT2D eigenvalue weighted by atomic mass is 10.1. The largest absolute Gasteiger partial charge is 0.292 e. The summed E-state index contributed by atoms with van der Waals surface area (Å²) in [7, 11) is 1.87. The molecular weight excluding hydrogens is 202 g/mol. The normalized spacial score (nSPS) is 10.3. The van der Waals surface area contributed by atoms with Gasteiger partial charge in [0, 0.05) is 25.9 Å². The Morgan fingerprint density at radius 2 is 2.31 bits per heavy atom. The maximum Gasteiger partial charge on any atom is 0.181 e. The number of Topliss-reactive ketones (excluding diaryl/α,β-unsaturated/α-hetero) is 1. The van der Waals surface area contributed by atoms with Crippen molar-refractivity contribution in [3.8, 4) is 0 Å². The third-order valence-electron chi connectivity index (χ3n) is 2.35. The highest BCUT2D eigenvalue weighted by Crippen LogP contribution is 2.05. The van der Waals surface area contributed by atoms with E-state index in [4.69, 9.17) is 0 Å². The summed E-state index contributed by atoms with van der Waals surface area (Å²) in [4.78, 5) is 15.8. The molecule has 0 unspecified atom stereocenters. The first-order valence-electron chi connectivity index (χ1n) is 5.17. The molecule has 0 aliphatic heterocycles. The second-order valence-electron chi connectivity index (χ2n) is 3.66. The molecule has 2 rings (SSSR count). The summed E-state index contributed by atoms with van der Waals surface area (Å²) in [5.41, 5.74) is 1.61. The quantitative estimate of drug-likeness (QED) is 0.728. The lowest BCUT2D eigenvalue weighted by Gasteiger charge is -1.98. The highest BCUT2D eigenvalue weighted by Gasteiger charge is 2.07. The van der Waals surface area contributed by atoms with Crippen molar-refractivity contribution in [3.05, 3.63) is 48.0 Å². The third-order valence-corrected chi connectivity index (χ3v) is 2.35. The zero-order valence-corrected chi connectivity index (χ0v) is 9.13. The van der Waals surface area contributed by atoms with Crippen LogP contribution >= 0.6 is 0 Å². The molecular formula is C12H13N3O. The fourth-order valence-electron chi connectivity index (χ4n) is 1.51. The molecule has 0 spiro atoms. The van der Waals surface area contributed by atoms with Crippen LogP contribution in [0.25, 0.3) is 0 Å². The molecule has 16 heavy (non-hydrogen) atoms. The molecule has 0 N–H and O–H groups in total. The van der Waals surface area contributed by atoms with Gasteiger partial charge in [-0.3, -0.25) is 14.5 Å². The van der Waals surface area contributed by atoms with Crippen molar-refractivity contribution >= 4 is 5.78 Å². The van der Waals surface area contributed by atoms with E-state index in [1.54, 1.807) is 29.2 Å². The molecule has 0 saturated carbocycles. The molecule has 0 saturated heterocycles. The highest BCUT2D eigenvalue weighted by molar-refractivity contribution is 5.94. The lowest BCUT2D eigenvalue weighted by Crippen LogP contribution is -2.02. The van der Waals surface area contributed by atoms with E-state index in [0.717, 1.165) is 5.56 Å². The van der Waals surface area contributed by atoms with Gasteiger partial charge >= 0.3 is 0 Å². The first-order valence-corrected chi connectivity index (χ1v) is 5.17. The molecule has 0 aromatic carbocycles. The van der Waals surface area contributed by atoms with E-state index < -0.39 is 0 Å². The number of ketones is 1. The number of aryl methyl sites for hydroxylation is 2. The van der Waals surface area contributed by atoms with Crippen LogP contribution in [0.3, 0.4) is 0 Å². The topological polar surface area (TPSA) is 47.8 Å². The molecule has 0 atom stereocenters. The minimum Gasteiger partial charge on any atom is -0.292 e. The zero-order chi connectivity index (χ0) is 11.4. The van der Waals surface area contributed by atoms with Gasteiger partial charge in [-0.15, -0.1) is 0 Å². The summed E-state index contributed by atoms with van der Waals surface area (Å²) in [5, 5.41) is 4.06. The Kier molecular flexibility index (Phi) is 3.10. The molecule has 2 aromatic rings. The van der Waals surface area contributed by atoms with Crippen LogP contribution in [0.5, 0.6) is 0 Å². The number of nitrogens with zero attached hydrogens (tertiary/aromatic N) is 3. The number of rotatable bonds is 4. The lowest BCUT2D eigenvalue weighted by molar-refractivity contribution is 0.0978. The molecule has 4 nitrogen and oxygen atoms in total. The van der Waals surface area contributed by atoms with Crippen LogP contribution in [-0.2, 0) is 13.5 Å². The van der Waals surface area contributed by atoms with E-state index >= 15 is 0 Å². The van der Waals surface area contributed by atoms with Gasteiger partial charge in [0.05, 0.1) is 6.20 Å².